The molecule has 1 unspecified atom stereocenters. The molecule has 1 aliphatic heterocycles. The fraction of sp³-hybridized carbons (Fsp3) is 0.500. The van der Waals surface area contributed by atoms with Crippen LogP contribution in [-0.2, 0) is 9.53 Å². The summed E-state index contributed by atoms with van der Waals surface area (Å²) >= 11 is 0. The van der Waals surface area contributed by atoms with Gasteiger partial charge in [-0.15, -0.1) is 0 Å². The third kappa shape index (κ3) is 2.57. The first kappa shape index (κ1) is 14.3. The van der Waals surface area contributed by atoms with E-state index < -0.39 is 24.8 Å². The highest BCUT2D eigenvalue weighted by Gasteiger charge is 2.52. The molecule has 0 aliphatic carbocycles. The lowest BCUT2D eigenvalue weighted by Gasteiger charge is -2.34. The summed E-state index contributed by atoms with van der Waals surface area (Å²) in [6.45, 7) is 4.60. The number of esters is 1. The maximum atomic E-state index is 13.2. The van der Waals surface area contributed by atoms with Gasteiger partial charge in [-0.2, -0.15) is 8.78 Å². The second-order valence-electron chi connectivity index (χ2n) is 3.77. The summed E-state index contributed by atoms with van der Waals surface area (Å²) in [5, 5.41) is 0. The number of ether oxygens (including phenoxy) is 1. The molecule has 0 bridgehead atoms. The Hall–Kier alpha value is -1.73. The van der Waals surface area contributed by atoms with Crippen molar-refractivity contribution in [3.8, 4) is 0 Å². The van der Waals surface area contributed by atoms with Gasteiger partial charge < -0.3 is 9.64 Å². The fourth-order valence-electron chi connectivity index (χ4n) is 1.22. The molecular formula is C10H12F4N2O2. The van der Waals surface area contributed by atoms with Crippen molar-refractivity contribution >= 4 is 5.97 Å². The number of carbonyl (C=O) groups is 1. The fourth-order valence-corrected chi connectivity index (χ4v) is 1.22. The van der Waals surface area contributed by atoms with Crippen LogP contribution in [0.15, 0.2) is 24.6 Å². The third-order valence-electron chi connectivity index (χ3n) is 2.22. The summed E-state index contributed by atoms with van der Waals surface area (Å²) in [4.78, 5) is 12.3. The minimum atomic E-state index is -4.43. The SMILES string of the molecule is C=C(C)C(=O)OC1N(C)C=CN1C(F)(F)C(F)F. The predicted molar refractivity (Wildman–Crippen MR) is 54.4 cm³/mol. The van der Waals surface area contributed by atoms with Crippen LogP contribution in [0, 0.1) is 0 Å². The van der Waals surface area contributed by atoms with Crippen molar-refractivity contribution in [3.63, 3.8) is 0 Å². The lowest BCUT2D eigenvalue weighted by atomic mass is 10.4. The summed E-state index contributed by atoms with van der Waals surface area (Å²) in [6, 6.07) is -4.43. The minimum absolute atomic E-state index is 0.0154. The van der Waals surface area contributed by atoms with E-state index in [9.17, 15) is 22.4 Å². The van der Waals surface area contributed by atoms with Gasteiger partial charge in [0.2, 0.25) is 0 Å². The molecule has 0 fully saturated rings. The maximum Gasteiger partial charge on any atom is 0.389 e. The topological polar surface area (TPSA) is 32.8 Å². The van der Waals surface area contributed by atoms with E-state index in [0.29, 0.717) is 0 Å². The van der Waals surface area contributed by atoms with E-state index in [1.807, 2.05) is 0 Å². The van der Waals surface area contributed by atoms with Gasteiger partial charge in [-0.1, -0.05) is 6.58 Å². The van der Waals surface area contributed by atoms with Crippen molar-refractivity contribution in [2.24, 2.45) is 0 Å². The Morgan fingerprint density at radius 1 is 1.44 bits per heavy atom. The average Bonchev–Trinajstić information content (AvgIpc) is 2.60. The minimum Gasteiger partial charge on any atom is -0.419 e. The Morgan fingerprint density at radius 3 is 2.44 bits per heavy atom. The first-order chi connectivity index (χ1) is 8.17. The number of nitrogens with zero attached hydrogens (tertiary/aromatic N) is 2. The molecule has 0 saturated carbocycles. The van der Waals surface area contributed by atoms with Crippen molar-refractivity contribution in [3.05, 3.63) is 24.6 Å². The lowest BCUT2D eigenvalue weighted by molar-refractivity contribution is -0.261. The molecule has 0 N–H and O–H groups in total. The van der Waals surface area contributed by atoms with E-state index in [0.717, 1.165) is 17.3 Å². The van der Waals surface area contributed by atoms with Crippen LogP contribution >= 0.6 is 0 Å². The zero-order chi connectivity index (χ0) is 14.1. The molecule has 18 heavy (non-hydrogen) atoms. The van der Waals surface area contributed by atoms with Gasteiger partial charge in [0.25, 0.3) is 6.35 Å². The molecule has 1 atom stereocenters. The van der Waals surface area contributed by atoms with Crippen molar-refractivity contribution in [2.45, 2.75) is 25.7 Å². The van der Waals surface area contributed by atoms with Crippen LogP contribution in [0.2, 0.25) is 0 Å². The van der Waals surface area contributed by atoms with Crippen molar-refractivity contribution in [1.82, 2.24) is 9.80 Å². The molecule has 1 aliphatic rings. The van der Waals surface area contributed by atoms with E-state index in [-0.39, 0.29) is 10.5 Å². The van der Waals surface area contributed by atoms with E-state index in [2.05, 4.69) is 11.3 Å². The molecule has 1 rings (SSSR count). The molecule has 1 heterocycles. The average molecular weight is 268 g/mol. The molecule has 0 spiro atoms. The number of halogens is 4. The van der Waals surface area contributed by atoms with Crippen LogP contribution < -0.4 is 0 Å². The highest BCUT2D eigenvalue weighted by Crippen LogP contribution is 2.33. The molecule has 8 heteroatoms. The number of carbonyl (C=O) groups excluding carboxylic acids is 1. The molecule has 0 amide bonds. The van der Waals surface area contributed by atoms with E-state index in [1.165, 1.54) is 14.0 Å². The standard InChI is InChI=1S/C10H12F4N2O2/c1-6(2)7(17)18-9-15(3)4-5-16(9)10(13,14)8(11)12/h4-5,8-9H,1H2,2-3H3. The number of rotatable bonds is 4. The molecule has 0 aromatic heterocycles. The normalized spacial score (nSPS) is 19.6. The van der Waals surface area contributed by atoms with E-state index in [4.69, 9.17) is 0 Å². The van der Waals surface area contributed by atoms with Crippen molar-refractivity contribution in [1.29, 1.82) is 0 Å². The first-order valence-corrected chi connectivity index (χ1v) is 4.89. The summed E-state index contributed by atoms with van der Waals surface area (Å²) < 4.78 is 55.6. The van der Waals surface area contributed by atoms with Crippen LogP contribution in [0.5, 0.6) is 0 Å². The number of alkyl halides is 4. The Labute approximate surface area is 101 Å². The van der Waals surface area contributed by atoms with Gasteiger partial charge in [-0.25, -0.2) is 13.6 Å². The Bertz CT molecular complexity index is 384. The second kappa shape index (κ2) is 4.87. The predicted octanol–water partition coefficient (Wildman–Crippen LogP) is 1.97. The Balaban J connectivity index is 2.89. The van der Waals surface area contributed by atoms with Gasteiger partial charge in [0.1, 0.15) is 0 Å². The molecule has 102 valence electrons. The zero-order valence-corrected chi connectivity index (χ0v) is 9.74. The quantitative estimate of drug-likeness (QED) is 0.338. The Kier molecular flexibility index (Phi) is 3.88. The lowest BCUT2D eigenvalue weighted by Crippen LogP contribution is -2.52. The van der Waals surface area contributed by atoms with Crippen LogP contribution in [0.4, 0.5) is 17.6 Å². The monoisotopic (exact) mass is 268 g/mol. The number of hydrogen-bond donors (Lipinski definition) is 0. The van der Waals surface area contributed by atoms with Crippen molar-refractivity contribution < 1.29 is 27.1 Å². The summed E-state index contributed by atoms with van der Waals surface area (Å²) in [5.74, 6) is -0.939. The molecule has 0 aromatic rings. The van der Waals surface area contributed by atoms with Crippen molar-refractivity contribution in [2.75, 3.05) is 7.05 Å². The number of hydrogen-bond acceptors (Lipinski definition) is 4. The molecule has 4 nitrogen and oxygen atoms in total. The largest absolute Gasteiger partial charge is 0.419 e. The van der Waals surface area contributed by atoms with Gasteiger partial charge in [0.05, 0.1) is 0 Å². The van der Waals surface area contributed by atoms with Crippen LogP contribution in [0.1, 0.15) is 6.92 Å². The molecule has 0 saturated heterocycles. The molecule has 0 aromatic carbocycles. The van der Waals surface area contributed by atoms with E-state index in [1.54, 1.807) is 0 Å². The zero-order valence-electron chi connectivity index (χ0n) is 9.74. The van der Waals surface area contributed by atoms with Gasteiger partial charge in [-0.05, 0) is 6.92 Å². The summed E-state index contributed by atoms with van der Waals surface area (Å²) in [5.41, 5.74) is -0.0180. The van der Waals surface area contributed by atoms with Crippen LogP contribution in [0.25, 0.3) is 0 Å². The molecule has 0 radical (unpaired) electrons. The van der Waals surface area contributed by atoms with Crippen LogP contribution in [0.3, 0.4) is 0 Å². The summed E-state index contributed by atoms with van der Waals surface area (Å²) in [6.07, 6.45) is -3.69. The second-order valence-corrected chi connectivity index (χ2v) is 3.77. The first-order valence-electron chi connectivity index (χ1n) is 4.89. The Morgan fingerprint density at radius 2 is 2.00 bits per heavy atom. The van der Waals surface area contributed by atoms with E-state index >= 15 is 0 Å². The summed E-state index contributed by atoms with van der Waals surface area (Å²) in [7, 11) is 1.31. The van der Waals surface area contributed by atoms with Gasteiger partial charge in [0, 0.05) is 25.0 Å². The molecular weight excluding hydrogens is 256 g/mol. The van der Waals surface area contributed by atoms with Crippen LogP contribution in [-0.4, -0.2) is 41.6 Å². The highest BCUT2D eigenvalue weighted by molar-refractivity contribution is 5.87. The highest BCUT2D eigenvalue weighted by atomic mass is 19.3. The third-order valence-corrected chi connectivity index (χ3v) is 2.22. The van der Waals surface area contributed by atoms with Gasteiger partial charge in [0.15, 0.2) is 0 Å². The van der Waals surface area contributed by atoms with Gasteiger partial charge >= 0.3 is 18.4 Å². The maximum absolute atomic E-state index is 13.2. The smallest absolute Gasteiger partial charge is 0.389 e. The van der Waals surface area contributed by atoms with Gasteiger partial charge in [-0.3, -0.25) is 4.90 Å².